The predicted octanol–water partition coefficient (Wildman–Crippen LogP) is 4.25. The van der Waals surface area contributed by atoms with Crippen LogP contribution in [-0.4, -0.2) is 19.0 Å². The van der Waals surface area contributed by atoms with Gasteiger partial charge in [-0.25, -0.2) is 13.8 Å². The van der Waals surface area contributed by atoms with E-state index in [0.29, 0.717) is 31.0 Å². The zero-order valence-corrected chi connectivity index (χ0v) is 16.9. The number of nitrogens with one attached hydrogen (secondary N) is 2. The number of hydrogen-bond donors (Lipinski definition) is 2. The third kappa shape index (κ3) is 6.01. The van der Waals surface area contributed by atoms with Crippen molar-refractivity contribution in [2.45, 2.75) is 26.8 Å². The van der Waals surface area contributed by atoms with Crippen LogP contribution in [0.1, 0.15) is 22.9 Å². The molecule has 0 saturated heterocycles. The maximum atomic E-state index is 13.6. The van der Waals surface area contributed by atoms with Crippen molar-refractivity contribution in [1.29, 1.82) is 0 Å². The summed E-state index contributed by atoms with van der Waals surface area (Å²) in [6, 6.07) is 6.32. The number of rotatable bonds is 6. The number of benzene rings is 1. The van der Waals surface area contributed by atoms with Crippen molar-refractivity contribution >= 4 is 41.3 Å². The highest BCUT2D eigenvalue weighted by Gasteiger charge is 2.07. The number of aliphatic imine (C=N–C) groups is 1. The van der Waals surface area contributed by atoms with Gasteiger partial charge in [-0.2, -0.15) is 0 Å². The van der Waals surface area contributed by atoms with Crippen LogP contribution in [0.25, 0.3) is 0 Å². The zero-order valence-electron chi connectivity index (χ0n) is 13.7. The maximum absolute atomic E-state index is 13.6. The molecule has 1 aromatic carbocycles. The van der Waals surface area contributed by atoms with Gasteiger partial charge in [0.2, 0.25) is 0 Å². The summed E-state index contributed by atoms with van der Waals surface area (Å²) in [5, 5.41) is 8.35. The molecule has 1 heterocycles. The lowest BCUT2D eigenvalue weighted by Gasteiger charge is -2.11. The molecule has 1 aromatic heterocycles. The maximum Gasteiger partial charge on any atom is 0.191 e. The summed E-state index contributed by atoms with van der Waals surface area (Å²) in [6.45, 7) is 5.88. The van der Waals surface area contributed by atoms with Crippen LogP contribution in [0.3, 0.4) is 0 Å². The van der Waals surface area contributed by atoms with Crippen LogP contribution in [-0.2, 0) is 13.0 Å². The van der Waals surface area contributed by atoms with E-state index in [9.17, 15) is 8.78 Å². The number of halogens is 3. The molecule has 7 heteroatoms. The van der Waals surface area contributed by atoms with E-state index in [0.717, 1.165) is 12.6 Å². The van der Waals surface area contributed by atoms with Crippen molar-refractivity contribution in [3.63, 3.8) is 0 Å². The minimum atomic E-state index is -0.809. The second-order valence-electron chi connectivity index (χ2n) is 5.11. The second kappa shape index (κ2) is 10.6. The van der Waals surface area contributed by atoms with Crippen molar-refractivity contribution in [3.8, 4) is 0 Å². The quantitative estimate of drug-likeness (QED) is 0.380. The molecule has 2 aromatic rings. The summed E-state index contributed by atoms with van der Waals surface area (Å²) < 4.78 is 26.8. The van der Waals surface area contributed by atoms with Crippen LogP contribution in [0, 0.1) is 18.6 Å². The summed E-state index contributed by atoms with van der Waals surface area (Å²) in [6.07, 6.45) is 0.395. The number of guanidine groups is 1. The zero-order chi connectivity index (χ0) is 16.7. The molecule has 0 bridgehead atoms. The fourth-order valence-electron chi connectivity index (χ4n) is 2.12. The van der Waals surface area contributed by atoms with Gasteiger partial charge in [-0.15, -0.1) is 35.3 Å². The lowest BCUT2D eigenvalue weighted by atomic mass is 10.1. The highest BCUT2D eigenvalue weighted by atomic mass is 127. The van der Waals surface area contributed by atoms with Crippen LogP contribution in [0.2, 0.25) is 0 Å². The Bertz CT molecular complexity index is 674. The van der Waals surface area contributed by atoms with E-state index in [1.54, 1.807) is 17.4 Å². The highest BCUT2D eigenvalue weighted by Crippen LogP contribution is 2.16. The first-order chi connectivity index (χ1) is 11.1. The summed E-state index contributed by atoms with van der Waals surface area (Å²) in [7, 11) is 0. The Balaban J connectivity index is 0.00000288. The molecule has 0 radical (unpaired) electrons. The minimum Gasteiger partial charge on any atom is -0.357 e. The van der Waals surface area contributed by atoms with E-state index >= 15 is 0 Å². The minimum absolute atomic E-state index is 0. The molecule has 0 aliphatic carbocycles. The van der Waals surface area contributed by atoms with Gasteiger partial charge in [-0.3, -0.25) is 0 Å². The van der Waals surface area contributed by atoms with Gasteiger partial charge < -0.3 is 10.6 Å². The number of thiophene rings is 1. The molecule has 0 unspecified atom stereocenters. The summed E-state index contributed by atoms with van der Waals surface area (Å²) in [4.78, 5) is 5.75. The van der Waals surface area contributed by atoms with Crippen LogP contribution in [0.4, 0.5) is 8.78 Å². The fraction of sp³-hybridized carbons (Fsp3) is 0.353. The van der Waals surface area contributed by atoms with Crippen molar-refractivity contribution in [2.24, 2.45) is 4.99 Å². The van der Waals surface area contributed by atoms with E-state index in [-0.39, 0.29) is 24.0 Å². The van der Waals surface area contributed by atoms with Crippen molar-refractivity contribution in [3.05, 3.63) is 57.3 Å². The molecule has 0 aliphatic heterocycles. The molecule has 2 rings (SSSR count). The highest BCUT2D eigenvalue weighted by molar-refractivity contribution is 14.0. The Kier molecular flexibility index (Phi) is 9.20. The van der Waals surface area contributed by atoms with E-state index in [1.165, 1.54) is 16.5 Å². The number of nitrogens with zero attached hydrogens (tertiary/aromatic N) is 1. The van der Waals surface area contributed by atoms with Crippen LogP contribution in [0.5, 0.6) is 0 Å². The summed E-state index contributed by atoms with van der Waals surface area (Å²) in [5.41, 5.74) is 1.60. The van der Waals surface area contributed by atoms with Gasteiger partial charge in [-0.1, -0.05) is 12.1 Å². The lowest BCUT2D eigenvalue weighted by Crippen LogP contribution is -2.38. The normalized spacial score (nSPS) is 11.1. The first kappa shape index (κ1) is 20.8. The smallest absolute Gasteiger partial charge is 0.191 e. The standard InChI is InChI=1S/C17H21F2N3S.HI/c1-3-20-17(22-11-15-12(2)8-10-23-15)21-9-7-13-5-4-6-14(18)16(13)19;/h4-6,8,10H,3,7,9,11H2,1-2H3,(H2,20,21,22);1H. The molecule has 0 amide bonds. The molecular weight excluding hydrogens is 443 g/mol. The predicted molar refractivity (Wildman–Crippen MR) is 107 cm³/mol. The van der Waals surface area contributed by atoms with Gasteiger partial charge in [0.25, 0.3) is 0 Å². The Hall–Kier alpha value is -1.22. The molecular formula is C17H22F2IN3S. The van der Waals surface area contributed by atoms with Gasteiger partial charge in [0, 0.05) is 18.0 Å². The molecule has 0 atom stereocenters. The van der Waals surface area contributed by atoms with Crippen molar-refractivity contribution < 1.29 is 8.78 Å². The molecule has 0 saturated carbocycles. The first-order valence-electron chi connectivity index (χ1n) is 7.59. The first-order valence-corrected chi connectivity index (χ1v) is 8.47. The number of aryl methyl sites for hydroxylation is 1. The third-order valence-electron chi connectivity index (χ3n) is 3.41. The molecule has 132 valence electrons. The van der Waals surface area contributed by atoms with Crippen LogP contribution >= 0.6 is 35.3 Å². The van der Waals surface area contributed by atoms with Gasteiger partial charge in [0.15, 0.2) is 17.6 Å². The van der Waals surface area contributed by atoms with Crippen LogP contribution < -0.4 is 10.6 Å². The summed E-state index contributed by atoms with van der Waals surface area (Å²) in [5.74, 6) is -0.904. The SMILES string of the molecule is CCNC(=NCc1sccc1C)NCCc1cccc(F)c1F.I. The monoisotopic (exact) mass is 465 g/mol. The average Bonchev–Trinajstić information content (AvgIpc) is 2.94. The lowest BCUT2D eigenvalue weighted by molar-refractivity contribution is 0.498. The van der Waals surface area contributed by atoms with Gasteiger partial charge in [-0.05, 0) is 48.9 Å². The fourth-order valence-corrected chi connectivity index (χ4v) is 2.95. The topological polar surface area (TPSA) is 36.4 Å². The Morgan fingerprint density at radius 1 is 1.21 bits per heavy atom. The Morgan fingerprint density at radius 2 is 2.00 bits per heavy atom. The van der Waals surface area contributed by atoms with Crippen molar-refractivity contribution in [2.75, 3.05) is 13.1 Å². The van der Waals surface area contributed by atoms with Crippen molar-refractivity contribution in [1.82, 2.24) is 10.6 Å². The molecule has 0 aliphatic rings. The molecule has 0 fully saturated rings. The van der Waals surface area contributed by atoms with E-state index in [2.05, 4.69) is 28.6 Å². The molecule has 3 nitrogen and oxygen atoms in total. The molecule has 2 N–H and O–H groups in total. The second-order valence-corrected chi connectivity index (χ2v) is 6.11. The largest absolute Gasteiger partial charge is 0.357 e. The Labute approximate surface area is 162 Å². The third-order valence-corrected chi connectivity index (χ3v) is 4.42. The Morgan fingerprint density at radius 3 is 2.67 bits per heavy atom. The van der Waals surface area contributed by atoms with E-state index in [4.69, 9.17) is 0 Å². The van der Waals surface area contributed by atoms with E-state index in [1.807, 2.05) is 12.3 Å². The van der Waals surface area contributed by atoms with Crippen LogP contribution in [0.15, 0.2) is 34.6 Å². The molecule has 0 spiro atoms. The van der Waals surface area contributed by atoms with Gasteiger partial charge >= 0.3 is 0 Å². The number of hydrogen-bond acceptors (Lipinski definition) is 2. The molecule has 24 heavy (non-hydrogen) atoms. The average molecular weight is 465 g/mol. The summed E-state index contributed by atoms with van der Waals surface area (Å²) >= 11 is 1.68. The van der Waals surface area contributed by atoms with Gasteiger partial charge in [0.1, 0.15) is 0 Å². The van der Waals surface area contributed by atoms with Gasteiger partial charge in [0.05, 0.1) is 6.54 Å². The van der Waals surface area contributed by atoms with E-state index < -0.39 is 11.6 Å².